The summed E-state index contributed by atoms with van der Waals surface area (Å²) < 4.78 is 23.4. The van der Waals surface area contributed by atoms with Crippen LogP contribution in [0.1, 0.15) is 19.3 Å². The van der Waals surface area contributed by atoms with Gasteiger partial charge in [-0.05, 0) is 12.8 Å². The van der Waals surface area contributed by atoms with Gasteiger partial charge in [0.15, 0.2) is 15.7 Å². The summed E-state index contributed by atoms with van der Waals surface area (Å²) >= 11 is 0. The standard InChI is InChI=1S/C8H14N4O2S/c9-8-5-10-12(11-8)6-7-3-1-2-4-15(7,13)14/h5,7H,1-4,6H2,(H2,9,11). The Bertz CT molecular complexity index is 439. The molecule has 1 unspecified atom stereocenters. The molecule has 1 fully saturated rings. The first-order valence-electron chi connectivity index (χ1n) is 4.95. The highest BCUT2D eigenvalue weighted by Crippen LogP contribution is 2.20. The molecule has 0 saturated carbocycles. The summed E-state index contributed by atoms with van der Waals surface area (Å²) in [4.78, 5) is 1.36. The Hall–Kier alpha value is -1.11. The molecule has 1 aliphatic heterocycles. The molecule has 84 valence electrons. The Morgan fingerprint density at radius 3 is 2.93 bits per heavy atom. The monoisotopic (exact) mass is 230 g/mol. The van der Waals surface area contributed by atoms with Crippen LogP contribution >= 0.6 is 0 Å². The molecule has 1 atom stereocenters. The lowest BCUT2D eigenvalue weighted by Gasteiger charge is -2.21. The zero-order valence-corrected chi connectivity index (χ0v) is 9.15. The number of nitrogens with two attached hydrogens (primary N) is 1. The van der Waals surface area contributed by atoms with Crippen molar-refractivity contribution in [2.24, 2.45) is 0 Å². The molecule has 15 heavy (non-hydrogen) atoms. The minimum atomic E-state index is -2.95. The van der Waals surface area contributed by atoms with Crippen molar-refractivity contribution in [2.75, 3.05) is 11.5 Å². The number of aromatic nitrogens is 3. The summed E-state index contributed by atoms with van der Waals surface area (Å²) in [6, 6.07) is 0. The fourth-order valence-corrected chi connectivity index (χ4v) is 3.63. The molecule has 1 aliphatic rings. The van der Waals surface area contributed by atoms with E-state index in [4.69, 9.17) is 5.73 Å². The van der Waals surface area contributed by atoms with Crippen molar-refractivity contribution >= 4 is 15.7 Å². The fourth-order valence-electron chi connectivity index (χ4n) is 1.81. The second kappa shape index (κ2) is 3.80. The SMILES string of the molecule is Nc1cnn(CC2CCCCS2(=O)=O)n1. The summed E-state index contributed by atoms with van der Waals surface area (Å²) in [5, 5.41) is 7.43. The van der Waals surface area contributed by atoms with Crippen LogP contribution in [0.3, 0.4) is 0 Å². The molecule has 0 aromatic carbocycles. The van der Waals surface area contributed by atoms with Crippen LogP contribution in [0.25, 0.3) is 0 Å². The van der Waals surface area contributed by atoms with Gasteiger partial charge in [-0.1, -0.05) is 6.42 Å². The maximum atomic E-state index is 11.7. The fraction of sp³-hybridized carbons (Fsp3) is 0.750. The normalized spacial score (nSPS) is 25.2. The van der Waals surface area contributed by atoms with Crippen molar-refractivity contribution in [1.82, 2.24) is 15.0 Å². The first kappa shape index (κ1) is 10.4. The second-order valence-electron chi connectivity index (χ2n) is 3.81. The van der Waals surface area contributed by atoms with Gasteiger partial charge in [0.25, 0.3) is 0 Å². The molecule has 2 rings (SSSR count). The van der Waals surface area contributed by atoms with Gasteiger partial charge in [0, 0.05) is 0 Å². The van der Waals surface area contributed by atoms with Crippen LogP contribution < -0.4 is 5.73 Å². The Labute approximate surface area is 88.4 Å². The first-order chi connectivity index (χ1) is 7.08. The average Bonchev–Trinajstić information content (AvgIpc) is 2.55. The van der Waals surface area contributed by atoms with Crippen LogP contribution in [0.4, 0.5) is 5.82 Å². The van der Waals surface area contributed by atoms with Crippen LogP contribution in [0.2, 0.25) is 0 Å². The number of rotatable bonds is 2. The lowest BCUT2D eigenvalue weighted by atomic mass is 10.2. The van der Waals surface area contributed by atoms with Gasteiger partial charge >= 0.3 is 0 Å². The van der Waals surface area contributed by atoms with Gasteiger partial charge in [0.2, 0.25) is 0 Å². The highest BCUT2D eigenvalue weighted by atomic mass is 32.2. The van der Waals surface area contributed by atoms with Crippen LogP contribution in [-0.2, 0) is 16.4 Å². The predicted octanol–water partition coefficient (Wildman–Crippen LogP) is -0.172. The largest absolute Gasteiger partial charge is 0.381 e. The van der Waals surface area contributed by atoms with E-state index in [2.05, 4.69) is 10.2 Å². The maximum Gasteiger partial charge on any atom is 0.165 e. The molecule has 1 aromatic heterocycles. The van der Waals surface area contributed by atoms with E-state index in [0.29, 0.717) is 18.8 Å². The molecule has 0 amide bonds. The Kier molecular flexibility index (Phi) is 2.64. The summed E-state index contributed by atoms with van der Waals surface area (Å²) in [7, 11) is -2.95. The van der Waals surface area contributed by atoms with Crippen molar-refractivity contribution < 1.29 is 8.42 Å². The van der Waals surface area contributed by atoms with Gasteiger partial charge < -0.3 is 5.73 Å². The number of sulfone groups is 1. The minimum absolute atomic E-state index is 0.286. The van der Waals surface area contributed by atoms with Gasteiger partial charge in [-0.2, -0.15) is 9.90 Å². The quantitative estimate of drug-likeness (QED) is 0.761. The zero-order valence-electron chi connectivity index (χ0n) is 8.33. The van der Waals surface area contributed by atoms with Crippen molar-refractivity contribution in [3.63, 3.8) is 0 Å². The molecule has 0 bridgehead atoms. The molecular formula is C8H14N4O2S. The summed E-state index contributed by atoms with van der Waals surface area (Å²) in [5.74, 6) is 0.609. The van der Waals surface area contributed by atoms with Gasteiger partial charge in [-0.15, -0.1) is 5.10 Å². The summed E-state index contributed by atoms with van der Waals surface area (Å²) in [6.45, 7) is 0.319. The van der Waals surface area contributed by atoms with Crippen molar-refractivity contribution in [2.45, 2.75) is 31.1 Å². The molecule has 0 aliphatic carbocycles. The molecule has 6 nitrogen and oxygen atoms in total. The predicted molar refractivity (Wildman–Crippen MR) is 55.9 cm³/mol. The maximum absolute atomic E-state index is 11.7. The summed E-state index contributed by atoms with van der Waals surface area (Å²) in [6.07, 6.45) is 3.85. The Balaban J connectivity index is 2.11. The van der Waals surface area contributed by atoms with Gasteiger partial charge in [0.05, 0.1) is 23.7 Å². The third kappa shape index (κ3) is 2.28. The van der Waals surface area contributed by atoms with Crippen LogP contribution in [0.15, 0.2) is 6.20 Å². The van der Waals surface area contributed by atoms with Crippen molar-refractivity contribution in [1.29, 1.82) is 0 Å². The Morgan fingerprint density at radius 1 is 1.53 bits per heavy atom. The highest BCUT2D eigenvalue weighted by molar-refractivity contribution is 7.92. The van der Waals surface area contributed by atoms with Gasteiger partial charge in [-0.25, -0.2) is 8.42 Å². The van der Waals surface area contributed by atoms with Crippen LogP contribution in [0, 0.1) is 0 Å². The van der Waals surface area contributed by atoms with E-state index in [1.807, 2.05) is 0 Å². The number of hydrogen-bond donors (Lipinski definition) is 1. The molecule has 1 saturated heterocycles. The van der Waals surface area contributed by atoms with Gasteiger partial charge in [0.1, 0.15) is 0 Å². The molecule has 0 radical (unpaired) electrons. The van der Waals surface area contributed by atoms with E-state index >= 15 is 0 Å². The van der Waals surface area contributed by atoms with Crippen LogP contribution in [0.5, 0.6) is 0 Å². The average molecular weight is 230 g/mol. The highest BCUT2D eigenvalue weighted by Gasteiger charge is 2.29. The Morgan fingerprint density at radius 2 is 2.33 bits per heavy atom. The molecule has 2 N–H and O–H groups in total. The van der Waals surface area contributed by atoms with E-state index in [-0.39, 0.29) is 11.0 Å². The van der Waals surface area contributed by atoms with Crippen LogP contribution in [-0.4, -0.2) is 34.4 Å². The van der Waals surface area contributed by atoms with Crippen molar-refractivity contribution in [3.8, 4) is 0 Å². The topological polar surface area (TPSA) is 90.9 Å². The lowest BCUT2D eigenvalue weighted by Crippen LogP contribution is -2.32. The van der Waals surface area contributed by atoms with E-state index in [1.165, 1.54) is 11.0 Å². The second-order valence-corrected chi connectivity index (χ2v) is 6.21. The lowest BCUT2D eigenvalue weighted by molar-refractivity contribution is 0.461. The number of anilines is 1. The third-order valence-corrected chi connectivity index (χ3v) is 4.89. The molecule has 7 heteroatoms. The summed E-state index contributed by atoms with van der Waals surface area (Å²) in [5.41, 5.74) is 5.41. The number of nitrogens with zero attached hydrogens (tertiary/aromatic N) is 3. The smallest absolute Gasteiger partial charge is 0.165 e. The number of nitrogen functional groups attached to an aromatic ring is 1. The number of hydrogen-bond acceptors (Lipinski definition) is 5. The van der Waals surface area contributed by atoms with E-state index < -0.39 is 9.84 Å². The zero-order chi connectivity index (χ0) is 10.9. The van der Waals surface area contributed by atoms with Gasteiger partial charge in [-0.3, -0.25) is 0 Å². The molecular weight excluding hydrogens is 216 g/mol. The molecule has 1 aromatic rings. The van der Waals surface area contributed by atoms with Crippen molar-refractivity contribution in [3.05, 3.63) is 6.20 Å². The molecule has 0 spiro atoms. The van der Waals surface area contributed by atoms with E-state index in [1.54, 1.807) is 0 Å². The molecule has 2 heterocycles. The van der Waals surface area contributed by atoms with E-state index in [9.17, 15) is 8.42 Å². The minimum Gasteiger partial charge on any atom is -0.381 e. The van der Waals surface area contributed by atoms with E-state index in [0.717, 1.165) is 12.8 Å². The third-order valence-electron chi connectivity index (χ3n) is 2.63. The first-order valence-corrected chi connectivity index (χ1v) is 6.67.